The molecule has 0 spiro atoms. The number of aryl methyl sites for hydroxylation is 1. The molecule has 1 aliphatic rings. The Morgan fingerprint density at radius 2 is 1.78 bits per heavy atom. The molecule has 0 atom stereocenters. The predicted octanol–water partition coefficient (Wildman–Crippen LogP) is 2.73. The summed E-state index contributed by atoms with van der Waals surface area (Å²) in [5.41, 5.74) is 1.36. The Morgan fingerprint density at radius 3 is 2.35 bits per heavy atom. The molecule has 5 heteroatoms. The van der Waals surface area contributed by atoms with Crippen LogP contribution in [0.25, 0.3) is 0 Å². The Morgan fingerprint density at radius 1 is 1.13 bits per heavy atom. The minimum atomic E-state index is -0.477. The van der Waals surface area contributed by atoms with E-state index in [0.717, 1.165) is 11.1 Å². The Balaban J connectivity index is 1.83. The highest BCUT2D eigenvalue weighted by molar-refractivity contribution is 5.97. The van der Waals surface area contributed by atoms with Crippen LogP contribution >= 0.6 is 0 Å². The summed E-state index contributed by atoms with van der Waals surface area (Å²) in [4.78, 5) is 28.1. The molecule has 0 N–H and O–H groups in total. The summed E-state index contributed by atoms with van der Waals surface area (Å²) < 4.78 is 5.38. The van der Waals surface area contributed by atoms with Crippen LogP contribution in [0.5, 0.6) is 0 Å². The molecule has 126 valence electrons. The number of ketones is 1. The quantitative estimate of drug-likeness (QED) is 0.804. The second-order valence-corrected chi connectivity index (χ2v) is 7.04. The van der Waals surface area contributed by atoms with Gasteiger partial charge in [0.15, 0.2) is 5.78 Å². The molecule has 23 heavy (non-hydrogen) atoms. The lowest BCUT2D eigenvalue weighted by Gasteiger charge is -2.35. The minimum Gasteiger partial charge on any atom is -0.444 e. The molecule has 1 amide bonds. The molecule has 0 bridgehead atoms. The molecule has 1 saturated heterocycles. The molecule has 0 aromatic heterocycles. The van der Waals surface area contributed by atoms with Gasteiger partial charge in [-0.1, -0.05) is 23.8 Å². The number of benzene rings is 1. The Bertz CT molecular complexity index is 570. The fourth-order valence-corrected chi connectivity index (χ4v) is 2.53. The fourth-order valence-electron chi connectivity index (χ4n) is 2.53. The molecule has 0 aliphatic carbocycles. The lowest BCUT2D eigenvalue weighted by atomic mass is 10.1. The molecule has 1 aromatic rings. The van der Waals surface area contributed by atoms with Crippen molar-refractivity contribution in [2.45, 2.75) is 33.3 Å². The monoisotopic (exact) mass is 318 g/mol. The first-order chi connectivity index (χ1) is 10.7. The van der Waals surface area contributed by atoms with Crippen LogP contribution in [0, 0.1) is 6.92 Å². The molecular formula is C18H26N2O3. The zero-order valence-corrected chi connectivity index (χ0v) is 14.5. The average Bonchev–Trinajstić information content (AvgIpc) is 2.46. The molecule has 0 saturated carbocycles. The Hall–Kier alpha value is -1.88. The molecule has 2 rings (SSSR count). The number of carbonyl (C=O) groups excluding carboxylic acids is 2. The third kappa shape index (κ3) is 5.36. The maximum atomic E-state index is 12.3. The van der Waals surface area contributed by atoms with Gasteiger partial charge in [-0.25, -0.2) is 4.79 Å². The first kappa shape index (κ1) is 17.5. The highest BCUT2D eigenvalue weighted by Crippen LogP contribution is 2.12. The standard InChI is InChI=1S/C18H26N2O3/c1-14-6-5-7-15(12-14)16(21)13-19-8-10-20(11-9-19)17(22)23-18(2,3)4/h5-7,12H,8-11,13H2,1-4H3. The number of hydrogen-bond acceptors (Lipinski definition) is 4. The van der Waals surface area contributed by atoms with E-state index >= 15 is 0 Å². The van der Waals surface area contributed by atoms with Crippen molar-refractivity contribution in [1.82, 2.24) is 9.80 Å². The van der Waals surface area contributed by atoms with Crippen LogP contribution in [0.4, 0.5) is 4.79 Å². The molecule has 0 unspecified atom stereocenters. The summed E-state index contributed by atoms with van der Waals surface area (Å²) in [5, 5.41) is 0. The number of hydrogen-bond donors (Lipinski definition) is 0. The number of rotatable bonds is 3. The molecule has 1 fully saturated rings. The van der Waals surface area contributed by atoms with Gasteiger partial charge in [0.25, 0.3) is 0 Å². The summed E-state index contributed by atoms with van der Waals surface area (Å²) >= 11 is 0. The lowest BCUT2D eigenvalue weighted by Crippen LogP contribution is -2.51. The van der Waals surface area contributed by atoms with Gasteiger partial charge in [0.2, 0.25) is 0 Å². The molecular weight excluding hydrogens is 292 g/mol. The van der Waals surface area contributed by atoms with Crippen LogP contribution in [-0.2, 0) is 4.74 Å². The maximum absolute atomic E-state index is 12.3. The third-order valence-corrected chi connectivity index (χ3v) is 3.73. The Kier molecular flexibility index (Phi) is 5.42. The normalized spacial score (nSPS) is 16.3. The zero-order valence-electron chi connectivity index (χ0n) is 14.5. The van der Waals surface area contributed by atoms with Gasteiger partial charge in [-0.05, 0) is 33.8 Å². The summed E-state index contributed by atoms with van der Waals surface area (Å²) in [6, 6.07) is 7.66. The van der Waals surface area contributed by atoms with Crippen LogP contribution in [0.1, 0.15) is 36.7 Å². The van der Waals surface area contributed by atoms with Crippen molar-refractivity contribution in [3.05, 3.63) is 35.4 Å². The lowest BCUT2D eigenvalue weighted by molar-refractivity contribution is 0.0149. The van der Waals surface area contributed by atoms with E-state index in [4.69, 9.17) is 4.74 Å². The highest BCUT2D eigenvalue weighted by atomic mass is 16.6. The van der Waals surface area contributed by atoms with E-state index in [-0.39, 0.29) is 11.9 Å². The van der Waals surface area contributed by atoms with Crippen molar-refractivity contribution in [2.75, 3.05) is 32.7 Å². The van der Waals surface area contributed by atoms with Crippen molar-refractivity contribution < 1.29 is 14.3 Å². The number of amides is 1. The molecule has 5 nitrogen and oxygen atoms in total. The third-order valence-electron chi connectivity index (χ3n) is 3.73. The van der Waals surface area contributed by atoms with E-state index in [9.17, 15) is 9.59 Å². The number of ether oxygens (including phenoxy) is 1. The number of piperazine rings is 1. The smallest absolute Gasteiger partial charge is 0.410 e. The number of nitrogens with zero attached hydrogens (tertiary/aromatic N) is 2. The van der Waals surface area contributed by atoms with Gasteiger partial charge >= 0.3 is 6.09 Å². The average molecular weight is 318 g/mol. The molecule has 1 aliphatic heterocycles. The highest BCUT2D eigenvalue weighted by Gasteiger charge is 2.26. The van der Waals surface area contributed by atoms with Gasteiger partial charge in [-0.2, -0.15) is 0 Å². The maximum Gasteiger partial charge on any atom is 0.410 e. The molecule has 1 heterocycles. The van der Waals surface area contributed by atoms with Gasteiger partial charge in [-0.3, -0.25) is 9.69 Å². The summed E-state index contributed by atoms with van der Waals surface area (Å²) in [5.74, 6) is 0.124. The van der Waals surface area contributed by atoms with Crippen molar-refractivity contribution in [2.24, 2.45) is 0 Å². The van der Waals surface area contributed by atoms with Crippen LogP contribution in [0.3, 0.4) is 0 Å². The van der Waals surface area contributed by atoms with Crippen molar-refractivity contribution in [3.8, 4) is 0 Å². The minimum absolute atomic E-state index is 0.124. The van der Waals surface area contributed by atoms with E-state index in [1.54, 1.807) is 4.90 Å². The van der Waals surface area contributed by atoms with Crippen LogP contribution < -0.4 is 0 Å². The second-order valence-electron chi connectivity index (χ2n) is 7.04. The van der Waals surface area contributed by atoms with E-state index in [1.165, 1.54) is 0 Å². The fraction of sp³-hybridized carbons (Fsp3) is 0.556. The van der Waals surface area contributed by atoms with Crippen molar-refractivity contribution >= 4 is 11.9 Å². The van der Waals surface area contributed by atoms with E-state index in [1.807, 2.05) is 52.0 Å². The van der Waals surface area contributed by atoms with Crippen molar-refractivity contribution in [3.63, 3.8) is 0 Å². The second kappa shape index (κ2) is 7.13. The van der Waals surface area contributed by atoms with E-state index in [0.29, 0.717) is 32.7 Å². The van der Waals surface area contributed by atoms with E-state index < -0.39 is 5.60 Å². The first-order valence-electron chi connectivity index (χ1n) is 8.05. The Labute approximate surface area is 138 Å². The summed E-state index contributed by atoms with van der Waals surface area (Å²) in [6.07, 6.45) is -0.276. The van der Waals surface area contributed by atoms with Gasteiger partial charge in [0, 0.05) is 31.7 Å². The van der Waals surface area contributed by atoms with Gasteiger partial charge in [0.05, 0.1) is 6.54 Å². The SMILES string of the molecule is Cc1cccc(C(=O)CN2CCN(C(=O)OC(C)(C)C)CC2)c1. The van der Waals surface area contributed by atoms with Gasteiger partial charge in [-0.15, -0.1) is 0 Å². The van der Waals surface area contributed by atoms with Crippen LogP contribution in [-0.4, -0.2) is 60.0 Å². The van der Waals surface area contributed by atoms with Gasteiger partial charge in [0.1, 0.15) is 5.60 Å². The van der Waals surface area contributed by atoms with Crippen LogP contribution in [0.2, 0.25) is 0 Å². The largest absolute Gasteiger partial charge is 0.444 e. The number of Topliss-reactive ketones (excluding diaryl/α,β-unsaturated/α-hetero) is 1. The summed E-state index contributed by atoms with van der Waals surface area (Å²) in [6.45, 7) is 10.5. The van der Waals surface area contributed by atoms with Crippen LogP contribution in [0.15, 0.2) is 24.3 Å². The topological polar surface area (TPSA) is 49.9 Å². The van der Waals surface area contributed by atoms with E-state index in [2.05, 4.69) is 4.90 Å². The number of carbonyl (C=O) groups is 2. The summed E-state index contributed by atoms with van der Waals surface area (Å²) in [7, 11) is 0. The van der Waals surface area contributed by atoms with Crippen molar-refractivity contribution in [1.29, 1.82) is 0 Å². The molecule has 1 aromatic carbocycles. The molecule has 0 radical (unpaired) electrons. The van der Waals surface area contributed by atoms with Gasteiger partial charge < -0.3 is 9.64 Å². The predicted molar refractivity (Wildman–Crippen MR) is 89.8 cm³/mol. The zero-order chi connectivity index (χ0) is 17.0. The first-order valence-corrected chi connectivity index (χ1v) is 8.05.